The summed E-state index contributed by atoms with van der Waals surface area (Å²) in [7, 11) is 0. The van der Waals surface area contributed by atoms with Crippen molar-refractivity contribution in [2.75, 3.05) is 0 Å². The maximum atomic E-state index is 11.9. The van der Waals surface area contributed by atoms with Crippen LogP contribution in [0.1, 0.15) is 5.56 Å². The molecule has 6 nitrogen and oxygen atoms in total. The van der Waals surface area contributed by atoms with Crippen molar-refractivity contribution < 1.29 is 22.8 Å². The predicted molar refractivity (Wildman–Crippen MR) is 45.5 cm³/mol. The highest BCUT2D eigenvalue weighted by Gasteiger charge is 2.35. The molecule has 16 heavy (non-hydrogen) atoms. The van der Waals surface area contributed by atoms with Crippen molar-refractivity contribution in [1.82, 2.24) is 4.98 Å². The van der Waals surface area contributed by atoms with Crippen LogP contribution < -0.4 is 10.5 Å². The lowest BCUT2D eigenvalue weighted by Gasteiger charge is -2.09. The second kappa shape index (κ2) is 4.31. The fourth-order valence-electron chi connectivity index (χ4n) is 1.03. The van der Waals surface area contributed by atoms with E-state index in [0.717, 1.165) is 6.20 Å². The minimum Gasteiger partial charge on any atom is -0.397 e. The average Bonchev–Trinajstić information content (AvgIpc) is 2.14. The van der Waals surface area contributed by atoms with Crippen LogP contribution >= 0.6 is 0 Å². The van der Waals surface area contributed by atoms with Gasteiger partial charge in [-0.3, -0.25) is 15.1 Å². The Kier molecular flexibility index (Phi) is 3.28. The number of hydrogen-bond donors (Lipinski definition) is 1. The number of nitro groups is 1. The smallest absolute Gasteiger partial charge is 0.397 e. The third-order valence-electron chi connectivity index (χ3n) is 1.59. The molecule has 0 saturated heterocycles. The lowest BCUT2D eigenvalue weighted by atomic mass is 10.2. The number of nitrogens with two attached hydrogens (primary N) is 1. The molecule has 0 aliphatic carbocycles. The molecule has 0 atom stereocenters. The van der Waals surface area contributed by atoms with Gasteiger partial charge in [-0.25, -0.2) is 0 Å². The number of alkyl halides is 3. The van der Waals surface area contributed by atoms with Gasteiger partial charge in [0.25, 0.3) is 0 Å². The molecule has 0 aliphatic rings. The monoisotopic (exact) mass is 237 g/mol. The number of nitrogens with zero attached hydrogens (tertiary/aromatic N) is 2. The van der Waals surface area contributed by atoms with Crippen molar-refractivity contribution in [1.29, 1.82) is 0 Å². The second-order valence-electron chi connectivity index (χ2n) is 2.65. The molecule has 0 radical (unpaired) electrons. The van der Waals surface area contributed by atoms with Crippen LogP contribution in [0, 0.1) is 10.1 Å². The summed E-state index contributed by atoms with van der Waals surface area (Å²) in [6.45, 7) is -0.307. The zero-order chi connectivity index (χ0) is 12.3. The molecule has 2 N–H and O–H groups in total. The third kappa shape index (κ3) is 2.79. The zero-order valence-corrected chi connectivity index (χ0v) is 7.69. The van der Waals surface area contributed by atoms with Gasteiger partial charge in [-0.15, -0.1) is 13.2 Å². The number of halogens is 3. The highest BCUT2D eigenvalue weighted by molar-refractivity contribution is 5.50. The van der Waals surface area contributed by atoms with E-state index in [9.17, 15) is 23.3 Å². The Bertz CT molecular complexity index is 408. The molecular weight excluding hydrogens is 231 g/mol. The van der Waals surface area contributed by atoms with Crippen molar-refractivity contribution >= 4 is 5.69 Å². The number of pyridine rings is 1. The first kappa shape index (κ1) is 12.2. The van der Waals surface area contributed by atoms with Gasteiger partial charge in [0.05, 0.1) is 16.7 Å². The minimum atomic E-state index is -5.01. The van der Waals surface area contributed by atoms with Gasteiger partial charge in [-0.2, -0.15) is 0 Å². The molecule has 0 bridgehead atoms. The SMILES string of the molecule is NCc1cncc(OC(F)(F)F)c1[N+](=O)[O-]. The van der Waals surface area contributed by atoms with E-state index in [2.05, 4.69) is 9.72 Å². The Labute approximate surface area is 87.0 Å². The van der Waals surface area contributed by atoms with Crippen molar-refractivity contribution in [2.24, 2.45) is 5.73 Å². The number of rotatable bonds is 3. The first-order valence-corrected chi connectivity index (χ1v) is 3.92. The van der Waals surface area contributed by atoms with Gasteiger partial charge in [-0.1, -0.05) is 0 Å². The van der Waals surface area contributed by atoms with E-state index in [-0.39, 0.29) is 12.1 Å². The van der Waals surface area contributed by atoms with Crippen LogP contribution in [0.3, 0.4) is 0 Å². The van der Waals surface area contributed by atoms with Gasteiger partial charge in [0.2, 0.25) is 5.75 Å². The number of hydrogen-bond acceptors (Lipinski definition) is 5. The molecule has 9 heteroatoms. The first-order chi connectivity index (χ1) is 7.35. The molecule has 0 amide bonds. The first-order valence-electron chi connectivity index (χ1n) is 3.92. The van der Waals surface area contributed by atoms with Crippen LogP contribution in [0.4, 0.5) is 18.9 Å². The lowest BCUT2D eigenvalue weighted by Crippen LogP contribution is -2.18. The topological polar surface area (TPSA) is 91.3 Å². The Morgan fingerprint density at radius 2 is 2.12 bits per heavy atom. The van der Waals surface area contributed by atoms with Gasteiger partial charge >= 0.3 is 12.0 Å². The van der Waals surface area contributed by atoms with Crippen LogP contribution in [-0.4, -0.2) is 16.3 Å². The van der Waals surface area contributed by atoms with E-state index in [1.807, 2.05) is 0 Å². The summed E-state index contributed by atoms with van der Waals surface area (Å²) in [4.78, 5) is 12.9. The van der Waals surface area contributed by atoms with Crippen LogP contribution in [0.25, 0.3) is 0 Å². The Hall–Kier alpha value is -1.90. The van der Waals surface area contributed by atoms with Crippen LogP contribution in [0.2, 0.25) is 0 Å². The quantitative estimate of drug-likeness (QED) is 0.632. The van der Waals surface area contributed by atoms with E-state index in [0.29, 0.717) is 6.20 Å². The van der Waals surface area contributed by atoms with E-state index in [1.54, 1.807) is 0 Å². The van der Waals surface area contributed by atoms with Crippen molar-refractivity contribution in [3.8, 4) is 5.75 Å². The summed E-state index contributed by atoms with van der Waals surface area (Å²) in [5.41, 5.74) is 4.18. The molecule has 0 aliphatic heterocycles. The normalized spacial score (nSPS) is 11.2. The van der Waals surface area contributed by atoms with Gasteiger partial charge < -0.3 is 10.5 Å². The molecule has 0 fully saturated rings. The Morgan fingerprint density at radius 1 is 1.50 bits per heavy atom. The highest BCUT2D eigenvalue weighted by Crippen LogP contribution is 2.33. The summed E-state index contributed by atoms with van der Waals surface area (Å²) in [5.74, 6) is -0.972. The Morgan fingerprint density at radius 3 is 2.56 bits per heavy atom. The molecule has 1 aromatic rings. The predicted octanol–water partition coefficient (Wildman–Crippen LogP) is 1.35. The fraction of sp³-hybridized carbons (Fsp3) is 0.286. The second-order valence-corrected chi connectivity index (χ2v) is 2.65. The van der Waals surface area contributed by atoms with Crippen LogP contribution in [-0.2, 0) is 6.54 Å². The average molecular weight is 237 g/mol. The third-order valence-corrected chi connectivity index (χ3v) is 1.59. The summed E-state index contributed by atoms with van der Waals surface area (Å²) in [6, 6.07) is 0. The summed E-state index contributed by atoms with van der Waals surface area (Å²) >= 11 is 0. The lowest BCUT2D eigenvalue weighted by molar-refractivity contribution is -0.389. The van der Waals surface area contributed by atoms with Crippen molar-refractivity contribution in [3.05, 3.63) is 28.1 Å². The van der Waals surface area contributed by atoms with Gasteiger partial charge in [-0.05, 0) is 0 Å². The number of ether oxygens (including phenoxy) is 1. The van der Waals surface area contributed by atoms with E-state index < -0.39 is 22.7 Å². The number of aromatic nitrogens is 1. The molecule has 88 valence electrons. The maximum absolute atomic E-state index is 11.9. The summed E-state index contributed by atoms with van der Waals surface area (Å²) < 4.78 is 39.2. The summed E-state index contributed by atoms with van der Waals surface area (Å²) in [6.07, 6.45) is -3.38. The zero-order valence-electron chi connectivity index (χ0n) is 7.69. The van der Waals surface area contributed by atoms with Gasteiger partial charge in [0.1, 0.15) is 0 Å². The van der Waals surface area contributed by atoms with Gasteiger partial charge in [0.15, 0.2) is 0 Å². The largest absolute Gasteiger partial charge is 0.573 e. The Balaban J connectivity index is 3.22. The van der Waals surface area contributed by atoms with Crippen LogP contribution in [0.15, 0.2) is 12.4 Å². The highest BCUT2D eigenvalue weighted by atomic mass is 19.4. The molecule has 1 rings (SSSR count). The van der Waals surface area contributed by atoms with Crippen LogP contribution in [0.5, 0.6) is 5.75 Å². The van der Waals surface area contributed by atoms with Gasteiger partial charge in [0, 0.05) is 12.7 Å². The standard InChI is InChI=1S/C7H6F3N3O3/c8-7(9,10)16-5-3-12-2-4(1-11)6(5)13(14)15/h2-3H,1,11H2. The molecule has 0 spiro atoms. The molecular formula is C7H6F3N3O3. The van der Waals surface area contributed by atoms with E-state index in [1.165, 1.54) is 0 Å². The van der Waals surface area contributed by atoms with Crippen molar-refractivity contribution in [3.63, 3.8) is 0 Å². The molecule has 0 saturated carbocycles. The molecule has 1 heterocycles. The minimum absolute atomic E-state index is 0.133. The van der Waals surface area contributed by atoms with E-state index in [4.69, 9.17) is 5.73 Å². The maximum Gasteiger partial charge on any atom is 0.573 e. The van der Waals surface area contributed by atoms with Crippen molar-refractivity contribution in [2.45, 2.75) is 12.9 Å². The fourth-order valence-corrected chi connectivity index (χ4v) is 1.03. The molecule has 0 unspecified atom stereocenters. The summed E-state index contributed by atoms with van der Waals surface area (Å²) in [5, 5.41) is 10.6. The molecule has 1 aromatic heterocycles. The van der Waals surface area contributed by atoms with E-state index >= 15 is 0 Å². The molecule has 0 aromatic carbocycles.